The van der Waals surface area contributed by atoms with Crippen LogP contribution in [0.25, 0.3) is 0 Å². The van der Waals surface area contributed by atoms with Gasteiger partial charge >= 0.3 is 12.0 Å². The normalized spacial score (nSPS) is 14.7. The van der Waals surface area contributed by atoms with Gasteiger partial charge in [0.15, 0.2) is 0 Å². The molecule has 3 N–H and O–H groups in total. The summed E-state index contributed by atoms with van der Waals surface area (Å²) in [5.74, 6) is -1.03. The molecule has 2 unspecified atom stereocenters. The molecule has 11 nitrogen and oxygen atoms in total. The van der Waals surface area contributed by atoms with E-state index in [-0.39, 0.29) is 53.0 Å². The maximum Gasteiger partial charge on any atom is 0.329 e. The first kappa shape index (κ1) is 34.5. The molecule has 2 atom stereocenters. The molecule has 1 aliphatic rings. The molecule has 5 rings (SSSR count). The number of amides is 4. The van der Waals surface area contributed by atoms with E-state index in [2.05, 4.69) is 21.1 Å². The van der Waals surface area contributed by atoms with E-state index >= 15 is 0 Å². The zero-order chi connectivity index (χ0) is 34.2. The first-order chi connectivity index (χ1) is 23.1. The van der Waals surface area contributed by atoms with Gasteiger partial charge in [0.2, 0.25) is 5.91 Å². The molecular formula is C35H35Cl2N5O6. The topological polar surface area (TPSA) is 143 Å². The summed E-state index contributed by atoms with van der Waals surface area (Å²) in [6.07, 6.45) is 1.61. The summed E-state index contributed by atoms with van der Waals surface area (Å²) >= 11 is 12.4. The standard InChI is InChI=1S/C35H35Cl2N5O6/c1-3-47-34(45)29(39-33(44)32-25(36)9-6-10-26(32)37)20-24-19-28(41-48-24)30-12-7-17-42(30)31(43)18-22-13-15-23(16-14-22)38-35(46)40-27-11-5-4-8-21(27)2/h4-6,8-11,13-16,19,29-30H,3,7,12,17-18,20H2,1-2H3,(H,39,44)(H2,38,40,46). The molecule has 1 fully saturated rings. The number of anilines is 2. The molecule has 13 heteroatoms. The van der Waals surface area contributed by atoms with Crippen LogP contribution in [0, 0.1) is 6.92 Å². The van der Waals surface area contributed by atoms with Gasteiger partial charge < -0.3 is 30.1 Å². The van der Waals surface area contributed by atoms with Crippen molar-refractivity contribution in [1.29, 1.82) is 0 Å². The molecule has 1 aromatic heterocycles. The molecule has 250 valence electrons. The van der Waals surface area contributed by atoms with E-state index in [4.69, 9.17) is 32.5 Å². The Hall–Kier alpha value is -4.87. The van der Waals surface area contributed by atoms with Gasteiger partial charge in [-0.15, -0.1) is 0 Å². The molecule has 4 amide bonds. The van der Waals surface area contributed by atoms with Crippen molar-refractivity contribution in [2.24, 2.45) is 0 Å². The van der Waals surface area contributed by atoms with E-state index in [1.165, 1.54) is 12.1 Å². The molecule has 2 heterocycles. The van der Waals surface area contributed by atoms with E-state index in [1.54, 1.807) is 48.2 Å². The molecule has 0 saturated carbocycles. The average Bonchev–Trinajstić information content (AvgIpc) is 3.73. The number of carbonyl (C=O) groups excluding carboxylic acids is 4. The van der Waals surface area contributed by atoms with Crippen LogP contribution in [0.15, 0.2) is 77.3 Å². The Bertz CT molecular complexity index is 1770. The van der Waals surface area contributed by atoms with Gasteiger partial charge in [0.1, 0.15) is 17.5 Å². The number of aromatic nitrogens is 1. The van der Waals surface area contributed by atoms with Crippen LogP contribution in [0.5, 0.6) is 0 Å². The quantitative estimate of drug-likeness (QED) is 0.148. The van der Waals surface area contributed by atoms with E-state index in [1.807, 2.05) is 31.2 Å². The lowest BCUT2D eigenvalue weighted by Gasteiger charge is -2.23. The van der Waals surface area contributed by atoms with Crippen LogP contribution in [0.2, 0.25) is 10.0 Å². The number of nitrogens with zero attached hydrogens (tertiary/aromatic N) is 2. The van der Waals surface area contributed by atoms with Crippen molar-refractivity contribution in [2.45, 2.75) is 51.6 Å². The minimum atomic E-state index is -1.10. The Morgan fingerprint density at radius 3 is 2.44 bits per heavy atom. The molecular weight excluding hydrogens is 657 g/mol. The highest BCUT2D eigenvalue weighted by molar-refractivity contribution is 6.39. The first-order valence-corrected chi connectivity index (χ1v) is 16.3. The summed E-state index contributed by atoms with van der Waals surface area (Å²) in [5.41, 5.74) is 3.66. The summed E-state index contributed by atoms with van der Waals surface area (Å²) in [6, 6.07) is 19.2. The van der Waals surface area contributed by atoms with Crippen LogP contribution >= 0.6 is 23.2 Å². The van der Waals surface area contributed by atoms with E-state index in [9.17, 15) is 19.2 Å². The molecule has 0 radical (unpaired) electrons. The number of halogens is 2. The van der Waals surface area contributed by atoms with Gasteiger partial charge in [-0.05, 0) is 68.1 Å². The molecule has 0 spiro atoms. The maximum absolute atomic E-state index is 13.4. The van der Waals surface area contributed by atoms with Gasteiger partial charge in [-0.1, -0.05) is 64.8 Å². The molecule has 4 aromatic rings. The minimum Gasteiger partial charge on any atom is -0.464 e. The summed E-state index contributed by atoms with van der Waals surface area (Å²) in [6.45, 7) is 4.25. The number of urea groups is 1. The number of esters is 1. The van der Waals surface area contributed by atoms with Gasteiger partial charge in [0.25, 0.3) is 5.91 Å². The molecule has 48 heavy (non-hydrogen) atoms. The second-order valence-corrected chi connectivity index (χ2v) is 12.1. The van der Waals surface area contributed by atoms with Crippen molar-refractivity contribution in [3.8, 4) is 0 Å². The van der Waals surface area contributed by atoms with Crippen LogP contribution in [0.1, 0.15) is 58.7 Å². The largest absolute Gasteiger partial charge is 0.464 e. The van der Waals surface area contributed by atoms with Crippen molar-refractivity contribution >= 4 is 58.4 Å². The fourth-order valence-corrected chi connectivity index (χ4v) is 6.09. The number of benzene rings is 3. The predicted molar refractivity (Wildman–Crippen MR) is 182 cm³/mol. The summed E-state index contributed by atoms with van der Waals surface area (Å²) in [7, 11) is 0. The molecule has 0 aliphatic carbocycles. The Kier molecular flexibility index (Phi) is 11.4. The number of hydrogen-bond acceptors (Lipinski definition) is 7. The number of hydrogen-bond donors (Lipinski definition) is 3. The van der Waals surface area contributed by atoms with Gasteiger partial charge in [0.05, 0.1) is 34.7 Å². The van der Waals surface area contributed by atoms with Crippen molar-refractivity contribution in [1.82, 2.24) is 15.4 Å². The van der Waals surface area contributed by atoms with Crippen LogP contribution < -0.4 is 16.0 Å². The first-order valence-electron chi connectivity index (χ1n) is 15.5. The third kappa shape index (κ3) is 8.53. The lowest BCUT2D eigenvalue weighted by atomic mass is 10.1. The predicted octanol–water partition coefficient (Wildman–Crippen LogP) is 6.74. The van der Waals surface area contributed by atoms with Gasteiger partial charge in [0, 0.05) is 30.4 Å². The number of aryl methyl sites for hydroxylation is 1. The number of rotatable bonds is 11. The number of likely N-dealkylation sites (tertiary alicyclic amines) is 1. The Morgan fingerprint density at radius 2 is 1.73 bits per heavy atom. The monoisotopic (exact) mass is 691 g/mol. The van der Waals surface area contributed by atoms with Gasteiger partial charge in [-0.3, -0.25) is 9.59 Å². The highest BCUT2D eigenvalue weighted by Gasteiger charge is 2.33. The second kappa shape index (κ2) is 15.8. The van der Waals surface area contributed by atoms with Crippen LogP contribution in [0.3, 0.4) is 0 Å². The fraction of sp³-hybridized carbons (Fsp3) is 0.286. The van der Waals surface area contributed by atoms with Gasteiger partial charge in [-0.25, -0.2) is 9.59 Å². The highest BCUT2D eigenvalue weighted by atomic mass is 35.5. The molecule has 1 saturated heterocycles. The molecule has 3 aromatic carbocycles. The Balaban J connectivity index is 1.20. The van der Waals surface area contributed by atoms with Gasteiger partial charge in [-0.2, -0.15) is 0 Å². The summed E-state index contributed by atoms with van der Waals surface area (Å²) in [4.78, 5) is 53.4. The third-order valence-electron chi connectivity index (χ3n) is 7.92. The van der Waals surface area contributed by atoms with Crippen LogP contribution in [-0.4, -0.2) is 53.1 Å². The van der Waals surface area contributed by atoms with Crippen molar-refractivity contribution < 1.29 is 28.4 Å². The number of ether oxygens (including phenoxy) is 1. The Labute approximate surface area is 287 Å². The van der Waals surface area contributed by atoms with Crippen molar-refractivity contribution in [3.05, 3.63) is 111 Å². The zero-order valence-electron chi connectivity index (χ0n) is 26.4. The SMILES string of the molecule is CCOC(=O)C(Cc1cc(C2CCCN2C(=O)Cc2ccc(NC(=O)Nc3ccccc3C)cc2)no1)NC(=O)c1c(Cl)cccc1Cl. The van der Waals surface area contributed by atoms with Crippen molar-refractivity contribution in [3.63, 3.8) is 0 Å². The number of carbonyl (C=O) groups is 4. The van der Waals surface area contributed by atoms with Crippen LogP contribution in [-0.2, 0) is 27.2 Å². The van der Waals surface area contributed by atoms with E-state index in [0.717, 1.165) is 23.2 Å². The lowest BCUT2D eigenvalue weighted by Crippen LogP contribution is -2.43. The maximum atomic E-state index is 13.4. The Morgan fingerprint density at radius 1 is 1.00 bits per heavy atom. The smallest absolute Gasteiger partial charge is 0.329 e. The second-order valence-electron chi connectivity index (χ2n) is 11.3. The lowest BCUT2D eigenvalue weighted by molar-refractivity contribution is -0.145. The van der Waals surface area contributed by atoms with Crippen LogP contribution in [0.4, 0.5) is 16.2 Å². The van der Waals surface area contributed by atoms with E-state index < -0.39 is 17.9 Å². The summed E-state index contributed by atoms with van der Waals surface area (Å²) in [5, 5.41) is 12.8. The zero-order valence-corrected chi connectivity index (χ0v) is 27.9. The van der Waals surface area contributed by atoms with Crippen molar-refractivity contribution in [2.75, 3.05) is 23.8 Å². The fourth-order valence-electron chi connectivity index (χ4n) is 5.52. The highest BCUT2D eigenvalue weighted by Crippen LogP contribution is 2.32. The number of nitrogens with one attached hydrogen (secondary N) is 3. The minimum absolute atomic E-state index is 0.0380. The van der Waals surface area contributed by atoms with E-state index in [0.29, 0.717) is 30.1 Å². The average molecular weight is 693 g/mol. The third-order valence-corrected chi connectivity index (χ3v) is 8.55. The number of para-hydroxylation sites is 1. The summed E-state index contributed by atoms with van der Waals surface area (Å²) < 4.78 is 10.7. The molecule has 1 aliphatic heterocycles. The molecule has 0 bridgehead atoms.